The van der Waals surface area contributed by atoms with E-state index in [0.29, 0.717) is 27.0 Å². The van der Waals surface area contributed by atoms with Gasteiger partial charge in [-0.2, -0.15) is 0 Å². The van der Waals surface area contributed by atoms with Gasteiger partial charge in [0, 0.05) is 29.5 Å². The average molecular weight is 515 g/mol. The number of halogens is 2. The van der Waals surface area contributed by atoms with Gasteiger partial charge in [0.25, 0.3) is 10.0 Å². The Morgan fingerprint density at radius 2 is 1.76 bits per heavy atom. The molecule has 4 rings (SSSR count). The van der Waals surface area contributed by atoms with Crippen molar-refractivity contribution in [3.05, 3.63) is 101 Å². The van der Waals surface area contributed by atoms with E-state index in [2.05, 4.69) is 15.0 Å². The van der Waals surface area contributed by atoms with Gasteiger partial charge in [-0.1, -0.05) is 35.3 Å². The lowest BCUT2D eigenvalue weighted by molar-refractivity contribution is -0.115. The van der Waals surface area contributed by atoms with Crippen molar-refractivity contribution in [1.82, 2.24) is 9.55 Å². The lowest BCUT2D eigenvalue weighted by Gasteiger charge is -2.13. The first kappa shape index (κ1) is 23.8. The number of hydrogen-bond donors (Lipinski definition) is 2. The second-order valence-corrected chi connectivity index (χ2v) is 10.1. The van der Waals surface area contributed by atoms with Gasteiger partial charge < -0.3 is 9.88 Å². The molecule has 1 amide bonds. The van der Waals surface area contributed by atoms with Crippen molar-refractivity contribution < 1.29 is 13.2 Å². The summed E-state index contributed by atoms with van der Waals surface area (Å²) in [6.07, 6.45) is 5.18. The Hall–Kier alpha value is -3.33. The molecule has 0 radical (unpaired) electrons. The summed E-state index contributed by atoms with van der Waals surface area (Å²) >= 11 is 11.9. The van der Waals surface area contributed by atoms with Crippen LogP contribution in [0.25, 0.3) is 5.69 Å². The molecule has 0 aliphatic heterocycles. The number of aromatic nitrogens is 2. The van der Waals surface area contributed by atoms with Gasteiger partial charge in [-0.3, -0.25) is 9.52 Å². The monoisotopic (exact) mass is 514 g/mol. The number of amides is 1. The van der Waals surface area contributed by atoms with Crippen LogP contribution in [0.4, 0.5) is 11.4 Å². The number of rotatable bonds is 7. The van der Waals surface area contributed by atoms with E-state index < -0.39 is 10.0 Å². The normalized spacial score (nSPS) is 11.3. The summed E-state index contributed by atoms with van der Waals surface area (Å²) in [6, 6.07) is 16.4. The molecule has 0 fully saturated rings. The first-order valence-corrected chi connectivity index (χ1v) is 12.4. The Bertz CT molecular complexity index is 1440. The summed E-state index contributed by atoms with van der Waals surface area (Å²) < 4.78 is 30.3. The molecule has 1 aromatic heterocycles. The smallest absolute Gasteiger partial charge is 0.261 e. The Labute approximate surface area is 207 Å². The van der Waals surface area contributed by atoms with E-state index >= 15 is 0 Å². The van der Waals surface area contributed by atoms with Gasteiger partial charge in [0.2, 0.25) is 5.91 Å². The maximum atomic E-state index is 13.0. The molecule has 4 aromatic rings. The van der Waals surface area contributed by atoms with E-state index in [1.165, 1.54) is 12.1 Å². The number of hydrogen-bond acceptors (Lipinski definition) is 4. The minimum absolute atomic E-state index is 0.0293. The molecule has 0 aliphatic rings. The lowest BCUT2D eigenvalue weighted by atomic mass is 10.1. The van der Waals surface area contributed by atoms with Gasteiger partial charge in [0.05, 0.1) is 27.7 Å². The van der Waals surface area contributed by atoms with Crippen LogP contribution in [-0.2, 0) is 21.2 Å². The Morgan fingerprint density at radius 1 is 1.00 bits per heavy atom. The molecule has 7 nitrogen and oxygen atoms in total. The topological polar surface area (TPSA) is 93.1 Å². The predicted molar refractivity (Wildman–Crippen MR) is 134 cm³/mol. The van der Waals surface area contributed by atoms with E-state index in [1.54, 1.807) is 74.2 Å². The maximum Gasteiger partial charge on any atom is 0.261 e. The number of nitrogens with zero attached hydrogens (tertiary/aromatic N) is 2. The number of carbonyl (C=O) groups excluding carboxylic acids is 1. The number of anilines is 2. The minimum atomic E-state index is -3.88. The van der Waals surface area contributed by atoms with Crippen molar-refractivity contribution in [2.24, 2.45) is 0 Å². The standard InChI is InChI=1S/C24H20Cl2N4O3S/c1-16-2-8-20(14-23(16)28-24(31)13-17-3-9-21(25)22(26)12-17)34(32,33)29-18-4-6-19(7-5-18)30-11-10-27-15-30/h2-12,14-15,29H,13H2,1H3,(H,28,31). The van der Waals surface area contributed by atoms with Gasteiger partial charge in [-0.25, -0.2) is 13.4 Å². The van der Waals surface area contributed by atoms with Crippen LogP contribution in [0.2, 0.25) is 10.0 Å². The Kier molecular flexibility index (Phi) is 6.92. The van der Waals surface area contributed by atoms with Gasteiger partial charge in [0.1, 0.15) is 0 Å². The molecule has 2 N–H and O–H groups in total. The van der Waals surface area contributed by atoms with Crippen molar-refractivity contribution in [1.29, 1.82) is 0 Å². The summed E-state index contributed by atoms with van der Waals surface area (Å²) in [7, 11) is -3.88. The Morgan fingerprint density at radius 3 is 2.44 bits per heavy atom. The molecule has 0 spiro atoms. The minimum Gasteiger partial charge on any atom is -0.326 e. The van der Waals surface area contributed by atoms with Crippen LogP contribution in [0.5, 0.6) is 0 Å². The molecule has 0 bridgehead atoms. The van der Waals surface area contributed by atoms with Gasteiger partial charge in [-0.05, 0) is 66.6 Å². The summed E-state index contributed by atoms with van der Waals surface area (Å²) in [5.74, 6) is -0.306. The highest BCUT2D eigenvalue weighted by molar-refractivity contribution is 7.92. The fourth-order valence-corrected chi connectivity index (χ4v) is 4.66. The zero-order chi connectivity index (χ0) is 24.3. The van der Waals surface area contributed by atoms with E-state index in [4.69, 9.17) is 23.2 Å². The van der Waals surface area contributed by atoms with Crippen molar-refractivity contribution >= 4 is 50.5 Å². The molecule has 34 heavy (non-hydrogen) atoms. The number of imidazole rings is 1. The van der Waals surface area contributed by atoms with Crippen molar-refractivity contribution in [3.8, 4) is 5.69 Å². The SMILES string of the molecule is Cc1ccc(S(=O)(=O)Nc2ccc(-n3ccnc3)cc2)cc1NC(=O)Cc1ccc(Cl)c(Cl)c1. The molecular formula is C24H20Cl2N4O3S. The molecular weight excluding hydrogens is 495 g/mol. The molecule has 10 heteroatoms. The maximum absolute atomic E-state index is 13.0. The van der Waals surface area contributed by atoms with Crippen LogP contribution in [0, 0.1) is 6.92 Å². The average Bonchev–Trinajstić information content (AvgIpc) is 3.33. The zero-order valence-electron chi connectivity index (χ0n) is 18.0. The number of nitrogens with one attached hydrogen (secondary N) is 2. The molecule has 0 unspecified atom stereocenters. The van der Waals surface area contributed by atoms with Crippen LogP contribution < -0.4 is 10.0 Å². The largest absolute Gasteiger partial charge is 0.326 e. The van der Waals surface area contributed by atoms with Crippen LogP contribution in [-0.4, -0.2) is 23.9 Å². The lowest BCUT2D eigenvalue weighted by Crippen LogP contribution is -2.17. The molecule has 0 atom stereocenters. The van der Waals surface area contributed by atoms with Gasteiger partial charge in [-0.15, -0.1) is 0 Å². The highest BCUT2D eigenvalue weighted by atomic mass is 35.5. The molecule has 0 aliphatic carbocycles. The summed E-state index contributed by atoms with van der Waals surface area (Å²) in [5.41, 5.74) is 3.08. The molecule has 0 saturated heterocycles. The summed E-state index contributed by atoms with van der Waals surface area (Å²) in [5, 5.41) is 3.54. The third-order valence-electron chi connectivity index (χ3n) is 5.06. The number of aryl methyl sites for hydroxylation is 1. The fraction of sp³-hybridized carbons (Fsp3) is 0.0833. The highest BCUT2D eigenvalue weighted by Crippen LogP contribution is 2.25. The quantitative estimate of drug-likeness (QED) is 0.342. The van der Waals surface area contributed by atoms with Crippen LogP contribution >= 0.6 is 23.2 Å². The first-order chi connectivity index (χ1) is 16.2. The van der Waals surface area contributed by atoms with Gasteiger partial charge in [0.15, 0.2) is 0 Å². The van der Waals surface area contributed by atoms with E-state index in [-0.39, 0.29) is 17.2 Å². The first-order valence-electron chi connectivity index (χ1n) is 10.2. The molecule has 0 saturated carbocycles. The summed E-state index contributed by atoms with van der Waals surface area (Å²) in [6.45, 7) is 1.79. The second kappa shape index (κ2) is 9.89. The van der Waals surface area contributed by atoms with Crippen LogP contribution in [0.3, 0.4) is 0 Å². The molecule has 174 valence electrons. The zero-order valence-corrected chi connectivity index (χ0v) is 20.3. The van der Waals surface area contributed by atoms with Gasteiger partial charge >= 0.3 is 0 Å². The number of benzene rings is 3. The van der Waals surface area contributed by atoms with Crippen LogP contribution in [0.1, 0.15) is 11.1 Å². The number of sulfonamides is 1. The fourth-order valence-electron chi connectivity index (χ4n) is 3.26. The second-order valence-electron chi connectivity index (χ2n) is 7.57. The third kappa shape index (κ3) is 5.59. The van der Waals surface area contributed by atoms with Crippen molar-refractivity contribution in [2.75, 3.05) is 10.0 Å². The van der Waals surface area contributed by atoms with Crippen molar-refractivity contribution in [3.63, 3.8) is 0 Å². The molecule has 3 aromatic carbocycles. The molecule has 1 heterocycles. The predicted octanol–water partition coefficient (Wildman–Crippen LogP) is 5.47. The van der Waals surface area contributed by atoms with Crippen LogP contribution in [0.15, 0.2) is 84.3 Å². The van der Waals surface area contributed by atoms with E-state index in [0.717, 1.165) is 11.3 Å². The highest BCUT2D eigenvalue weighted by Gasteiger charge is 2.17. The summed E-state index contributed by atoms with van der Waals surface area (Å²) in [4.78, 5) is 16.6. The number of carbonyl (C=O) groups is 1. The van der Waals surface area contributed by atoms with E-state index in [9.17, 15) is 13.2 Å². The third-order valence-corrected chi connectivity index (χ3v) is 7.18. The van der Waals surface area contributed by atoms with E-state index in [1.807, 2.05) is 4.57 Å². The van der Waals surface area contributed by atoms with Crippen molar-refractivity contribution in [2.45, 2.75) is 18.2 Å². The Balaban J connectivity index is 1.48.